The summed E-state index contributed by atoms with van der Waals surface area (Å²) in [5.41, 5.74) is 0.427. The Morgan fingerprint density at radius 1 is 0.722 bits per heavy atom. The Kier molecular flexibility index (Phi) is 16.7. The van der Waals surface area contributed by atoms with Gasteiger partial charge in [0.15, 0.2) is 11.6 Å². The SMILES string of the molecule is C=CB1OC(C)(C)C(C)(C)O1.C=Cc1cc2cc(C(=O)CCC(=O)OCC)sc2cc1OC.CCOC(=O)CCC(=O)c1cc2cc(Br)c(OC)cc2s1. The fourth-order valence-corrected chi connectivity index (χ4v) is 7.63. The van der Waals surface area contributed by atoms with Gasteiger partial charge in [-0.3, -0.25) is 19.2 Å². The Morgan fingerprint density at radius 3 is 1.56 bits per heavy atom. The minimum Gasteiger partial charge on any atom is -0.496 e. The number of esters is 2. The summed E-state index contributed by atoms with van der Waals surface area (Å²) in [5, 5.41) is 1.95. The van der Waals surface area contributed by atoms with E-state index in [1.807, 2.05) is 64.1 Å². The molecule has 0 radical (unpaired) electrons. The van der Waals surface area contributed by atoms with E-state index in [9.17, 15) is 19.2 Å². The fourth-order valence-electron chi connectivity index (χ4n) is 5.02. The summed E-state index contributed by atoms with van der Waals surface area (Å²) in [6.45, 7) is 19.6. The Bertz CT molecular complexity index is 1960. The van der Waals surface area contributed by atoms with Crippen molar-refractivity contribution in [3.63, 3.8) is 0 Å². The molecule has 1 aliphatic heterocycles. The van der Waals surface area contributed by atoms with E-state index in [2.05, 4.69) is 29.1 Å². The molecule has 0 spiro atoms. The number of rotatable bonds is 14. The maximum atomic E-state index is 12.2. The first-order chi connectivity index (χ1) is 25.5. The maximum Gasteiger partial charge on any atom is 0.486 e. The third kappa shape index (κ3) is 11.8. The van der Waals surface area contributed by atoms with Crippen LogP contribution in [0.1, 0.15) is 92.1 Å². The average molecular weight is 844 g/mol. The lowest BCUT2D eigenvalue weighted by atomic mass is 9.90. The van der Waals surface area contributed by atoms with Gasteiger partial charge in [0.25, 0.3) is 0 Å². The highest BCUT2D eigenvalue weighted by Crippen LogP contribution is 2.37. The van der Waals surface area contributed by atoms with Gasteiger partial charge in [-0.05, 0) is 105 Å². The summed E-state index contributed by atoms with van der Waals surface area (Å²) in [6, 6.07) is 11.4. The molecule has 2 aromatic carbocycles. The molecule has 0 amide bonds. The van der Waals surface area contributed by atoms with E-state index in [0.29, 0.717) is 23.0 Å². The minimum absolute atomic E-state index is 0.0423. The van der Waals surface area contributed by atoms with Crippen LogP contribution in [0, 0.1) is 0 Å². The highest BCUT2D eigenvalue weighted by Gasteiger charge is 2.49. The fraction of sp³-hybridized carbons (Fsp3) is 0.400. The highest BCUT2D eigenvalue weighted by molar-refractivity contribution is 9.10. The van der Waals surface area contributed by atoms with Crippen molar-refractivity contribution < 1.29 is 47.4 Å². The van der Waals surface area contributed by atoms with E-state index >= 15 is 0 Å². The van der Waals surface area contributed by atoms with Crippen molar-refractivity contribution >= 4 is 95.5 Å². The molecule has 0 saturated carbocycles. The molecule has 0 aliphatic carbocycles. The molecule has 54 heavy (non-hydrogen) atoms. The first-order valence-corrected chi connectivity index (χ1v) is 19.8. The number of thiophene rings is 2. The van der Waals surface area contributed by atoms with Crippen molar-refractivity contribution in [2.45, 2.75) is 78.4 Å². The number of carbonyl (C=O) groups is 4. The smallest absolute Gasteiger partial charge is 0.486 e. The monoisotopic (exact) mass is 842 g/mol. The maximum absolute atomic E-state index is 12.2. The quantitative estimate of drug-likeness (QED) is 0.0689. The summed E-state index contributed by atoms with van der Waals surface area (Å²) in [4.78, 5) is 48.2. The van der Waals surface area contributed by atoms with E-state index in [1.54, 1.807) is 40.1 Å². The number of methoxy groups -OCH3 is 2. The molecular weight excluding hydrogens is 795 g/mol. The molecule has 0 bridgehead atoms. The number of ketones is 2. The van der Waals surface area contributed by atoms with Crippen LogP contribution in [0.4, 0.5) is 0 Å². The van der Waals surface area contributed by atoms with Crippen LogP contribution in [0.3, 0.4) is 0 Å². The lowest BCUT2D eigenvalue weighted by molar-refractivity contribution is -0.143. The van der Waals surface area contributed by atoms with Gasteiger partial charge in [-0.2, -0.15) is 0 Å². The Labute approximate surface area is 334 Å². The zero-order chi connectivity index (χ0) is 40.2. The van der Waals surface area contributed by atoms with Crippen LogP contribution in [0.5, 0.6) is 11.5 Å². The van der Waals surface area contributed by atoms with Gasteiger partial charge in [0.2, 0.25) is 0 Å². The first kappa shape index (κ1) is 44.6. The second-order valence-electron chi connectivity index (χ2n) is 12.9. The number of carbonyl (C=O) groups excluding carboxylic acids is 4. The zero-order valence-electron chi connectivity index (χ0n) is 32.1. The molecule has 1 fully saturated rings. The highest BCUT2D eigenvalue weighted by atomic mass is 79.9. The summed E-state index contributed by atoms with van der Waals surface area (Å²) in [5.74, 6) is 2.37. The van der Waals surface area contributed by atoms with Gasteiger partial charge in [0.05, 0.1) is 65.7 Å². The van der Waals surface area contributed by atoms with Crippen LogP contribution in [-0.2, 0) is 28.4 Å². The number of hydrogen-bond acceptors (Lipinski definition) is 12. The lowest BCUT2D eigenvalue weighted by Gasteiger charge is -2.32. The Hall–Kier alpha value is -3.82. The van der Waals surface area contributed by atoms with E-state index in [0.717, 1.165) is 41.7 Å². The van der Waals surface area contributed by atoms with Gasteiger partial charge >= 0.3 is 19.1 Å². The molecule has 0 atom stereocenters. The van der Waals surface area contributed by atoms with Gasteiger partial charge in [-0.25, -0.2) is 0 Å². The van der Waals surface area contributed by atoms with Gasteiger partial charge in [0.1, 0.15) is 11.5 Å². The molecule has 10 nitrogen and oxygen atoms in total. The first-order valence-electron chi connectivity index (χ1n) is 17.4. The average Bonchev–Trinajstić information content (AvgIpc) is 3.81. The van der Waals surface area contributed by atoms with E-state index in [-0.39, 0.29) is 67.5 Å². The minimum atomic E-state index is -0.340. The number of halogens is 1. The van der Waals surface area contributed by atoms with E-state index < -0.39 is 0 Å². The molecule has 2 aromatic heterocycles. The Balaban J connectivity index is 0.000000230. The number of benzene rings is 2. The molecule has 0 unspecified atom stereocenters. The van der Waals surface area contributed by atoms with Crippen molar-refractivity contribution in [3.8, 4) is 11.5 Å². The summed E-state index contributed by atoms with van der Waals surface area (Å²) in [6.07, 6.45) is 2.29. The van der Waals surface area contributed by atoms with Crippen molar-refractivity contribution in [2.75, 3.05) is 27.4 Å². The largest absolute Gasteiger partial charge is 0.496 e. The summed E-state index contributed by atoms with van der Waals surface area (Å²) >= 11 is 6.23. The van der Waals surface area contributed by atoms with E-state index in [4.69, 9.17) is 28.3 Å². The predicted molar refractivity (Wildman–Crippen MR) is 221 cm³/mol. The van der Waals surface area contributed by atoms with Crippen LogP contribution in [-0.4, -0.2) is 69.3 Å². The van der Waals surface area contributed by atoms with Crippen LogP contribution < -0.4 is 9.47 Å². The standard InChI is InChI=1S/C17H18O4S.C15H15BrO4S.C8H15BO2/c1-4-11-8-12-9-16(22-15(12)10-14(11)20-3)13(18)6-7-17(19)21-5-2;1-3-20-15(18)5-4-11(17)14-7-9-6-10(16)12(19-2)8-13(9)21-14;1-6-9-10-7(2,3)8(4,5)11-9/h4,8-10H,1,5-7H2,2-3H3;6-8H,3-5H2,1-2H3;6H,1H2,2-5H3. The van der Waals surface area contributed by atoms with Gasteiger partial charge in [0, 0.05) is 27.8 Å². The second-order valence-corrected chi connectivity index (χ2v) is 15.9. The van der Waals surface area contributed by atoms with Crippen molar-refractivity contribution in [1.82, 2.24) is 0 Å². The lowest BCUT2D eigenvalue weighted by Crippen LogP contribution is -2.41. The van der Waals surface area contributed by atoms with Gasteiger partial charge < -0.3 is 28.3 Å². The van der Waals surface area contributed by atoms with Crippen LogP contribution in [0.25, 0.3) is 26.2 Å². The number of Topliss-reactive ketones (excluding diaryl/α,β-unsaturated/α-hetero) is 2. The normalized spacial score (nSPS) is 13.9. The van der Waals surface area contributed by atoms with Crippen molar-refractivity contribution in [2.24, 2.45) is 0 Å². The van der Waals surface area contributed by atoms with Gasteiger partial charge in [-0.1, -0.05) is 18.6 Å². The predicted octanol–water partition coefficient (Wildman–Crippen LogP) is 10.1. The molecule has 1 aliphatic rings. The molecule has 14 heteroatoms. The molecule has 1 saturated heterocycles. The summed E-state index contributed by atoms with van der Waals surface area (Å²) in [7, 11) is 2.96. The molecule has 5 rings (SSSR count). The second kappa shape index (κ2) is 20.2. The number of ether oxygens (including phenoxy) is 4. The van der Waals surface area contributed by atoms with Crippen LogP contribution in [0.15, 0.2) is 60.0 Å². The van der Waals surface area contributed by atoms with Crippen LogP contribution in [0.2, 0.25) is 0 Å². The number of fused-ring (bicyclic) bond motifs is 2. The van der Waals surface area contributed by atoms with Crippen molar-refractivity contribution in [1.29, 1.82) is 0 Å². The van der Waals surface area contributed by atoms with Crippen LogP contribution >= 0.6 is 38.6 Å². The van der Waals surface area contributed by atoms with Crippen molar-refractivity contribution in [3.05, 3.63) is 75.3 Å². The molecule has 0 N–H and O–H groups in total. The topological polar surface area (TPSA) is 124 Å². The number of hydrogen-bond donors (Lipinski definition) is 0. The zero-order valence-corrected chi connectivity index (χ0v) is 35.3. The third-order valence-corrected chi connectivity index (χ3v) is 11.5. The van der Waals surface area contributed by atoms with E-state index in [1.165, 1.54) is 22.7 Å². The molecule has 290 valence electrons. The Morgan fingerprint density at radius 2 is 1.17 bits per heavy atom. The molecular formula is C40H48BBrO10S2. The third-order valence-electron chi connectivity index (χ3n) is 8.62. The summed E-state index contributed by atoms with van der Waals surface area (Å²) < 4.78 is 34.2. The molecule has 4 aromatic rings. The van der Waals surface area contributed by atoms with Gasteiger partial charge in [-0.15, -0.1) is 29.3 Å². The molecule has 3 heterocycles.